The van der Waals surface area contributed by atoms with Crippen molar-refractivity contribution < 1.29 is 18.0 Å². The van der Waals surface area contributed by atoms with Crippen LogP contribution in [0.2, 0.25) is 10.0 Å². The fourth-order valence-electron chi connectivity index (χ4n) is 1.98. The Bertz CT molecular complexity index is 782. The van der Waals surface area contributed by atoms with Gasteiger partial charge in [-0.15, -0.1) is 0 Å². The van der Waals surface area contributed by atoms with Gasteiger partial charge in [0.15, 0.2) is 11.5 Å². The van der Waals surface area contributed by atoms with E-state index >= 15 is 0 Å². The minimum atomic E-state index is -4.80. The van der Waals surface area contributed by atoms with E-state index in [-0.39, 0.29) is 5.82 Å². The molecule has 134 valence electrons. The van der Waals surface area contributed by atoms with Crippen molar-refractivity contribution in [3.63, 3.8) is 0 Å². The zero-order valence-electron chi connectivity index (χ0n) is 13.1. The lowest BCUT2D eigenvalue weighted by atomic mass is 10.1. The van der Waals surface area contributed by atoms with Crippen LogP contribution < -0.4 is 10.6 Å². The Balaban J connectivity index is 2.41. The van der Waals surface area contributed by atoms with Crippen molar-refractivity contribution in [3.8, 4) is 0 Å². The summed E-state index contributed by atoms with van der Waals surface area (Å²) in [6.07, 6.45) is -4.80. The van der Waals surface area contributed by atoms with Crippen molar-refractivity contribution in [3.05, 3.63) is 45.6 Å². The van der Waals surface area contributed by atoms with E-state index in [1.165, 1.54) is 0 Å². The van der Waals surface area contributed by atoms with Gasteiger partial charge in [0.1, 0.15) is 5.02 Å². The van der Waals surface area contributed by atoms with Crippen LogP contribution in [0, 0.1) is 0 Å². The zero-order valence-corrected chi connectivity index (χ0v) is 14.6. The number of benzene rings is 1. The topological polar surface area (TPSA) is 66.9 Å². The Morgan fingerprint density at radius 2 is 1.76 bits per heavy atom. The largest absolute Gasteiger partial charge is 0.435 e. The van der Waals surface area contributed by atoms with E-state index in [1.807, 2.05) is 0 Å². The van der Waals surface area contributed by atoms with Crippen molar-refractivity contribution >= 4 is 40.9 Å². The molecular weight excluding hydrogens is 380 g/mol. The predicted octanol–water partition coefficient (Wildman–Crippen LogP) is 4.93. The number of alkyl halides is 3. The average Bonchev–Trinajstić information content (AvgIpc) is 2.49. The molecule has 1 heterocycles. The third-order valence-electron chi connectivity index (χ3n) is 3.13. The third kappa shape index (κ3) is 4.96. The first-order valence-electron chi connectivity index (χ1n) is 7.02. The Labute approximate surface area is 151 Å². The van der Waals surface area contributed by atoms with Gasteiger partial charge < -0.3 is 5.32 Å². The fraction of sp³-hybridized carbons (Fsp3) is 0.267. The van der Waals surface area contributed by atoms with Gasteiger partial charge in [-0.25, -0.2) is 4.98 Å². The number of nitrogens with one attached hydrogen (secondary N) is 2. The summed E-state index contributed by atoms with van der Waals surface area (Å²) in [5.41, 5.74) is -0.576. The maximum atomic E-state index is 13.1. The molecule has 1 amide bonds. The van der Waals surface area contributed by atoms with E-state index in [0.717, 1.165) is 12.5 Å². The summed E-state index contributed by atoms with van der Waals surface area (Å²) in [5, 5.41) is 4.78. The van der Waals surface area contributed by atoms with Crippen molar-refractivity contribution in [2.24, 2.45) is 0 Å². The third-order valence-corrected chi connectivity index (χ3v) is 3.74. The molecule has 2 rings (SSSR count). The summed E-state index contributed by atoms with van der Waals surface area (Å²) in [6.45, 7) is 2.85. The number of nitrogens with zero attached hydrogens (tertiary/aromatic N) is 2. The molecule has 0 saturated heterocycles. The Kier molecular flexibility index (Phi) is 5.74. The highest BCUT2D eigenvalue weighted by atomic mass is 35.5. The number of aromatic nitrogens is 2. The molecule has 0 aliphatic rings. The minimum absolute atomic E-state index is 0.241. The van der Waals surface area contributed by atoms with Crippen LogP contribution in [0.4, 0.5) is 24.9 Å². The van der Waals surface area contributed by atoms with E-state index in [9.17, 15) is 18.0 Å². The summed E-state index contributed by atoms with van der Waals surface area (Å²) in [6, 6.07) is 6.32. The van der Waals surface area contributed by atoms with Gasteiger partial charge >= 0.3 is 6.18 Å². The molecule has 1 atom stereocenters. The van der Waals surface area contributed by atoms with E-state index in [0.29, 0.717) is 5.02 Å². The molecular formula is C15H13Cl2F3N4O. The first kappa shape index (κ1) is 19.3. The molecule has 1 aromatic heterocycles. The SMILES string of the molecule is CC(=O)Nc1nc(NC(C)c2ccc(Cl)cc2)c(Cl)c(C(F)(F)F)n1. The quantitative estimate of drug-likeness (QED) is 0.773. The van der Waals surface area contributed by atoms with Crippen LogP contribution in [0.25, 0.3) is 0 Å². The van der Waals surface area contributed by atoms with Crippen molar-refractivity contribution in [1.29, 1.82) is 0 Å². The molecule has 25 heavy (non-hydrogen) atoms. The monoisotopic (exact) mass is 392 g/mol. The predicted molar refractivity (Wildman–Crippen MR) is 89.8 cm³/mol. The highest BCUT2D eigenvalue weighted by molar-refractivity contribution is 6.33. The van der Waals surface area contributed by atoms with Crippen molar-refractivity contribution in [2.75, 3.05) is 10.6 Å². The van der Waals surface area contributed by atoms with Crippen LogP contribution in [0.15, 0.2) is 24.3 Å². The van der Waals surface area contributed by atoms with Gasteiger partial charge in [0.25, 0.3) is 0 Å². The van der Waals surface area contributed by atoms with Gasteiger partial charge in [0, 0.05) is 18.0 Å². The maximum Gasteiger partial charge on any atom is 0.435 e. The van der Waals surface area contributed by atoms with Gasteiger partial charge in [0.05, 0.1) is 0 Å². The van der Waals surface area contributed by atoms with E-state index < -0.39 is 34.8 Å². The summed E-state index contributed by atoms with van der Waals surface area (Å²) < 4.78 is 39.4. The van der Waals surface area contributed by atoms with Crippen LogP contribution in [0.1, 0.15) is 31.1 Å². The minimum Gasteiger partial charge on any atom is -0.362 e. The lowest BCUT2D eigenvalue weighted by Gasteiger charge is -2.18. The fourth-order valence-corrected chi connectivity index (χ4v) is 2.36. The molecule has 0 bridgehead atoms. The molecule has 2 N–H and O–H groups in total. The molecule has 1 aromatic carbocycles. The molecule has 0 aliphatic heterocycles. The second-order valence-electron chi connectivity index (χ2n) is 5.15. The molecule has 0 spiro atoms. The summed E-state index contributed by atoms with van der Waals surface area (Å²) in [4.78, 5) is 18.2. The second kappa shape index (κ2) is 7.45. The van der Waals surface area contributed by atoms with Crippen LogP contribution >= 0.6 is 23.2 Å². The second-order valence-corrected chi connectivity index (χ2v) is 5.97. The number of carbonyl (C=O) groups is 1. The normalized spacial score (nSPS) is 12.6. The lowest BCUT2D eigenvalue weighted by Crippen LogP contribution is -2.18. The maximum absolute atomic E-state index is 13.1. The van der Waals surface area contributed by atoms with E-state index in [2.05, 4.69) is 20.6 Å². The molecule has 0 saturated carbocycles. The first-order chi connectivity index (χ1) is 11.6. The van der Waals surface area contributed by atoms with Gasteiger partial charge in [0.2, 0.25) is 11.9 Å². The van der Waals surface area contributed by atoms with E-state index in [1.54, 1.807) is 31.2 Å². The Hall–Kier alpha value is -2.06. The van der Waals surface area contributed by atoms with Crippen LogP contribution in [0.3, 0.4) is 0 Å². The number of amides is 1. The van der Waals surface area contributed by atoms with Crippen LogP contribution in [-0.4, -0.2) is 15.9 Å². The standard InChI is InChI=1S/C15H13Cl2F3N4O/c1-7(9-3-5-10(16)6-4-9)21-13-11(17)12(15(18,19)20)23-14(24-13)22-8(2)25/h3-7H,1-2H3,(H2,21,22,23,24,25). The number of anilines is 2. The molecule has 0 aliphatic carbocycles. The number of hydrogen-bond acceptors (Lipinski definition) is 4. The molecule has 2 aromatic rings. The molecule has 0 fully saturated rings. The smallest absolute Gasteiger partial charge is 0.362 e. The molecule has 5 nitrogen and oxygen atoms in total. The number of halogens is 5. The van der Waals surface area contributed by atoms with E-state index in [4.69, 9.17) is 23.2 Å². The summed E-state index contributed by atoms with van der Waals surface area (Å²) >= 11 is 11.6. The summed E-state index contributed by atoms with van der Waals surface area (Å²) in [7, 11) is 0. The number of rotatable bonds is 4. The molecule has 1 unspecified atom stereocenters. The Morgan fingerprint density at radius 3 is 2.28 bits per heavy atom. The van der Waals surface area contributed by atoms with Gasteiger partial charge in [-0.2, -0.15) is 18.2 Å². The molecule has 10 heteroatoms. The average molecular weight is 393 g/mol. The first-order valence-corrected chi connectivity index (χ1v) is 7.78. The number of hydrogen-bond donors (Lipinski definition) is 2. The highest BCUT2D eigenvalue weighted by Gasteiger charge is 2.37. The van der Waals surface area contributed by atoms with Gasteiger partial charge in [-0.3, -0.25) is 10.1 Å². The van der Waals surface area contributed by atoms with Crippen LogP contribution in [0.5, 0.6) is 0 Å². The van der Waals surface area contributed by atoms with Crippen LogP contribution in [-0.2, 0) is 11.0 Å². The summed E-state index contributed by atoms with van der Waals surface area (Å²) in [5.74, 6) is -1.34. The highest BCUT2D eigenvalue weighted by Crippen LogP contribution is 2.38. The number of carbonyl (C=O) groups excluding carboxylic acids is 1. The van der Waals surface area contributed by atoms with Gasteiger partial charge in [-0.1, -0.05) is 35.3 Å². The van der Waals surface area contributed by atoms with Crippen molar-refractivity contribution in [1.82, 2.24) is 9.97 Å². The zero-order chi connectivity index (χ0) is 18.8. The molecule has 0 radical (unpaired) electrons. The van der Waals surface area contributed by atoms with Crippen molar-refractivity contribution in [2.45, 2.75) is 26.1 Å². The van der Waals surface area contributed by atoms with Gasteiger partial charge in [-0.05, 0) is 24.6 Å². The Morgan fingerprint density at radius 1 is 1.16 bits per heavy atom. The lowest BCUT2D eigenvalue weighted by molar-refractivity contribution is -0.141.